The molecule has 0 radical (unpaired) electrons. The summed E-state index contributed by atoms with van der Waals surface area (Å²) >= 11 is 5.92. The zero-order valence-corrected chi connectivity index (χ0v) is 15.6. The van der Waals surface area contributed by atoms with Crippen molar-refractivity contribution < 1.29 is 14.3 Å². The molecular weight excluding hydrogens is 389 g/mol. The number of halogens is 2. The third-order valence-electron chi connectivity index (χ3n) is 3.91. The minimum absolute atomic E-state index is 0.199. The number of amides is 1. The summed E-state index contributed by atoms with van der Waals surface area (Å²) in [6, 6.07) is 8.08. The van der Waals surface area contributed by atoms with E-state index in [0.29, 0.717) is 22.0 Å². The van der Waals surface area contributed by atoms with Crippen LogP contribution in [-0.4, -0.2) is 49.9 Å². The number of benzene rings is 1. The Balaban J connectivity index is 2.09. The predicted octanol–water partition coefficient (Wildman–Crippen LogP) is 1.35. The Morgan fingerprint density at radius 1 is 1.36 bits per heavy atom. The Morgan fingerprint density at radius 3 is 2.68 bits per heavy atom. The van der Waals surface area contributed by atoms with Crippen molar-refractivity contribution in [2.24, 2.45) is 7.05 Å². The fourth-order valence-electron chi connectivity index (χ4n) is 2.47. The van der Waals surface area contributed by atoms with Crippen molar-refractivity contribution in [3.8, 4) is 16.9 Å². The Hall–Kier alpha value is -3.04. The first-order valence-corrected chi connectivity index (χ1v) is 8.68. The summed E-state index contributed by atoms with van der Waals surface area (Å²) in [6.07, 6.45) is 1.67. The maximum Gasteiger partial charge on any atom is 0.284 e. The number of hydrogen-bond acceptors (Lipinski definition) is 5. The SMILES string of the molecule is Cn1cc(-n2nc(-c3ccc(Cl)cc3)cc(C(=O)NCC(O)CF)c2=O)cn1. The quantitative estimate of drug-likeness (QED) is 0.644. The average molecular weight is 406 g/mol. The van der Waals surface area contributed by atoms with Crippen LogP contribution in [0.25, 0.3) is 16.9 Å². The van der Waals surface area contributed by atoms with Gasteiger partial charge in [-0.1, -0.05) is 23.7 Å². The molecular formula is C18H17ClFN5O3. The highest BCUT2D eigenvalue weighted by Gasteiger charge is 2.19. The van der Waals surface area contributed by atoms with Gasteiger partial charge in [-0.25, -0.2) is 4.39 Å². The van der Waals surface area contributed by atoms with Crippen molar-refractivity contribution in [2.75, 3.05) is 13.2 Å². The summed E-state index contributed by atoms with van der Waals surface area (Å²) in [5, 5.41) is 20.5. The minimum atomic E-state index is -1.35. The van der Waals surface area contributed by atoms with Gasteiger partial charge in [0.15, 0.2) is 0 Å². The highest BCUT2D eigenvalue weighted by Crippen LogP contribution is 2.20. The molecule has 10 heteroatoms. The standard InChI is InChI=1S/C18H17ClFN5O3/c1-24-10-13(8-22-24)25-18(28)15(17(27)21-9-14(26)7-20)6-16(23-25)11-2-4-12(19)5-3-11/h2-6,8,10,14,26H,7,9H2,1H3,(H,21,27). The van der Waals surface area contributed by atoms with E-state index in [0.717, 1.165) is 4.68 Å². The number of aromatic nitrogens is 4. The molecule has 0 fully saturated rings. The number of aliphatic hydroxyl groups is 1. The van der Waals surface area contributed by atoms with Crippen molar-refractivity contribution in [2.45, 2.75) is 6.10 Å². The molecule has 2 aromatic heterocycles. The highest BCUT2D eigenvalue weighted by molar-refractivity contribution is 6.30. The van der Waals surface area contributed by atoms with Crippen LogP contribution in [-0.2, 0) is 7.05 Å². The van der Waals surface area contributed by atoms with Gasteiger partial charge in [-0.2, -0.15) is 14.9 Å². The van der Waals surface area contributed by atoms with Crippen molar-refractivity contribution in [1.29, 1.82) is 0 Å². The fraction of sp³-hybridized carbons (Fsp3) is 0.222. The van der Waals surface area contributed by atoms with Gasteiger partial charge in [-0.15, -0.1) is 0 Å². The molecule has 1 aromatic carbocycles. The normalized spacial score (nSPS) is 12.0. The maximum atomic E-state index is 12.8. The van der Waals surface area contributed by atoms with Crippen LogP contribution in [0.4, 0.5) is 4.39 Å². The summed E-state index contributed by atoms with van der Waals surface area (Å²) in [5.41, 5.74) is 0.505. The van der Waals surface area contributed by atoms with Crippen LogP contribution in [0.5, 0.6) is 0 Å². The van der Waals surface area contributed by atoms with Crippen LogP contribution in [0.2, 0.25) is 5.02 Å². The van der Waals surface area contributed by atoms with Crippen LogP contribution in [0.3, 0.4) is 0 Å². The Labute approximate surface area is 164 Å². The van der Waals surface area contributed by atoms with E-state index in [9.17, 15) is 19.1 Å². The number of hydrogen-bond donors (Lipinski definition) is 2. The molecule has 1 atom stereocenters. The van der Waals surface area contributed by atoms with E-state index >= 15 is 0 Å². The van der Waals surface area contributed by atoms with Crippen LogP contribution in [0, 0.1) is 0 Å². The van der Waals surface area contributed by atoms with E-state index in [1.807, 2.05) is 0 Å². The third-order valence-corrected chi connectivity index (χ3v) is 4.16. The monoisotopic (exact) mass is 405 g/mol. The number of nitrogens with zero attached hydrogens (tertiary/aromatic N) is 4. The molecule has 0 bridgehead atoms. The Morgan fingerprint density at radius 2 is 2.07 bits per heavy atom. The second kappa shape index (κ2) is 8.32. The first-order valence-electron chi connectivity index (χ1n) is 8.30. The van der Waals surface area contributed by atoms with Crippen LogP contribution < -0.4 is 10.9 Å². The topological polar surface area (TPSA) is 102 Å². The van der Waals surface area contributed by atoms with Gasteiger partial charge >= 0.3 is 0 Å². The summed E-state index contributed by atoms with van der Waals surface area (Å²) in [5.74, 6) is -0.743. The Bertz CT molecular complexity index is 1050. The summed E-state index contributed by atoms with van der Waals surface area (Å²) in [4.78, 5) is 25.3. The molecule has 2 N–H and O–H groups in total. The van der Waals surface area contributed by atoms with Gasteiger partial charge < -0.3 is 10.4 Å². The van der Waals surface area contributed by atoms with Gasteiger partial charge in [0.05, 0.1) is 24.2 Å². The Kier molecular flexibility index (Phi) is 5.86. The largest absolute Gasteiger partial charge is 0.389 e. The second-order valence-electron chi connectivity index (χ2n) is 6.06. The summed E-state index contributed by atoms with van der Waals surface area (Å²) < 4.78 is 15.0. The van der Waals surface area contributed by atoms with Gasteiger partial charge in [0.2, 0.25) is 0 Å². The first kappa shape index (κ1) is 19.7. The molecule has 1 unspecified atom stereocenters. The number of aryl methyl sites for hydroxylation is 1. The van der Waals surface area contributed by atoms with Crippen molar-refractivity contribution in [3.63, 3.8) is 0 Å². The number of nitrogens with one attached hydrogen (secondary N) is 1. The molecule has 3 aromatic rings. The molecule has 1 amide bonds. The molecule has 0 aliphatic rings. The van der Waals surface area contributed by atoms with Crippen LogP contribution in [0.1, 0.15) is 10.4 Å². The van der Waals surface area contributed by atoms with Gasteiger partial charge in [-0.05, 0) is 18.2 Å². The zero-order valence-electron chi connectivity index (χ0n) is 14.8. The smallest absolute Gasteiger partial charge is 0.284 e. The van der Waals surface area contributed by atoms with Crippen molar-refractivity contribution in [1.82, 2.24) is 24.9 Å². The van der Waals surface area contributed by atoms with E-state index in [-0.39, 0.29) is 12.1 Å². The molecule has 0 aliphatic heterocycles. The van der Waals surface area contributed by atoms with Gasteiger partial charge in [-0.3, -0.25) is 14.3 Å². The van der Waals surface area contributed by atoms with E-state index in [1.165, 1.54) is 16.9 Å². The lowest BCUT2D eigenvalue weighted by atomic mass is 10.1. The number of carbonyl (C=O) groups excluding carboxylic acids is 1. The third kappa shape index (κ3) is 4.26. The highest BCUT2D eigenvalue weighted by atomic mass is 35.5. The molecule has 146 valence electrons. The molecule has 8 nitrogen and oxygen atoms in total. The molecule has 0 saturated carbocycles. The van der Waals surface area contributed by atoms with E-state index in [4.69, 9.17) is 11.6 Å². The molecule has 3 rings (SSSR count). The van der Waals surface area contributed by atoms with Crippen molar-refractivity contribution in [3.05, 3.63) is 63.7 Å². The zero-order chi connectivity index (χ0) is 20.3. The lowest BCUT2D eigenvalue weighted by Gasteiger charge is -2.11. The molecule has 0 aliphatic carbocycles. The van der Waals surface area contributed by atoms with Gasteiger partial charge in [0, 0.05) is 24.2 Å². The molecule has 0 spiro atoms. The lowest BCUT2D eigenvalue weighted by Crippen LogP contribution is -2.37. The molecule has 28 heavy (non-hydrogen) atoms. The summed E-state index contributed by atoms with van der Waals surface area (Å²) in [7, 11) is 1.68. The number of aliphatic hydroxyl groups excluding tert-OH is 1. The van der Waals surface area contributed by atoms with E-state index < -0.39 is 24.2 Å². The predicted molar refractivity (Wildman–Crippen MR) is 101 cm³/mol. The minimum Gasteiger partial charge on any atom is -0.389 e. The molecule has 0 saturated heterocycles. The van der Waals surface area contributed by atoms with Gasteiger partial charge in [0.1, 0.15) is 17.9 Å². The summed E-state index contributed by atoms with van der Waals surface area (Å²) in [6.45, 7) is -1.33. The maximum absolute atomic E-state index is 12.8. The number of alkyl halides is 1. The van der Waals surface area contributed by atoms with Crippen LogP contribution >= 0.6 is 11.6 Å². The van der Waals surface area contributed by atoms with E-state index in [1.54, 1.807) is 37.5 Å². The van der Waals surface area contributed by atoms with E-state index in [2.05, 4.69) is 15.5 Å². The lowest BCUT2D eigenvalue weighted by molar-refractivity contribution is 0.0893. The van der Waals surface area contributed by atoms with Crippen molar-refractivity contribution >= 4 is 17.5 Å². The fourth-order valence-corrected chi connectivity index (χ4v) is 2.60. The number of carbonyl (C=O) groups is 1. The number of rotatable bonds is 6. The molecule has 2 heterocycles. The second-order valence-corrected chi connectivity index (χ2v) is 6.49. The first-order chi connectivity index (χ1) is 13.4. The van der Waals surface area contributed by atoms with Crippen LogP contribution in [0.15, 0.2) is 47.5 Å². The van der Waals surface area contributed by atoms with Gasteiger partial charge in [0.25, 0.3) is 11.5 Å². The average Bonchev–Trinajstić information content (AvgIpc) is 3.12.